The summed E-state index contributed by atoms with van der Waals surface area (Å²) in [6.07, 6.45) is 0. The Balaban J connectivity index is 2.40. The van der Waals surface area contributed by atoms with Gasteiger partial charge in [0.2, 0.25) is 11.8 Å². The van der Waals surface area contributed by atoms with E-state index in [1.165, 1.54) is 0 Å². The summed E-state index contributed by atoms with van der Waals surface area (Å²) in [5.41, 5.74) is 1.70. The van der Waals surface area contributed by atoms with Gasteiger partial charge in [-0.2, -0.15) is 0 Å². The number of carbonyl (C=O) groups is 2. The summed E-state index contributed by atoms with van der Waals surface area (Å²) in [5, 5.41) is 2.88. The number of hydrogen-bond acceptors (Lipinski definition) is 2. The van der Waals surface area contributed by atoms with E-state index in [-0.39, 0.29) is 11.8 Å². The second kappa shape index (κ2) is 4.18. The van der Waals surface area contributed by atoms with Crippen molar-refractivity contribution < 1.29 is 9.59 Å². The molecular formula is C11H9BrClNO2. The van der Waals surface area contributed by atoms with Gasteiger partial charge in [0.1, 0.15) is 4.83 Å². The van der Waals surface area contributed by atoms with Crippen LogP contribution in [0, 0.1) is 6.92 Å². The Morgan fingerprint density at radius 2 is 2.00 bits per heavy atom. The molecule has 0 saturated carbocycles. The van der Waals surface area contributed by atoms with Gasteiger partial charge in [-0.1, -0.05) is 39.7 Å². The van der Waals surface area contributed by atoms with Crippen LogP contribution < -0.4 is 5.32 Å². The van der Waals surface area contributed by atoms with E-state index in [1.54, 1.807) is 6.07 Å². The number of aryl methyl sites for hydroxylation is 1. The third-order valence-corrected chi connectivity index (χ3v) is 3.98. The first-order valence-corrected chi connectivity index (χ1v) is 6.05. The highest BCUT2D eigenvalue weighted by atomic mass is 79.9. The molecule has 1 N–H and O–H groups in total. The molecule has 5 heteroatoms. The lowest BCUT2D eigenvalue weighted by molar-refractivity contribution is -0.125. The summed E-state index contributed by atoms with van der Waals surface area (Å²) >= 11 is 9.21. The van der Waals surface area contributed by atoms with Gasteiger partial charge in [-0.05, 0) is 24.1 Å². The molecule has 1 heterocycles. The number of imide groups is 1. The maximum absolute atomic E-state index is 11.6. The Labute approximate surface area is 106 Å². The molecule has 2 rings (SSSR count). The number of carbonyl (C=O) groups excluding carboxylic acids is 2. The van der Waals surface area contributed by atoms with Crippen LogP contribution in [0.15, 0.2) is 18.2 Å². The third kappa shape index (κ3) is 1.87. The zero-order valence-corrected chi connectivity index (χ0v) is 10.8. The van der Waals surface area contributed by atoms with E-state index in [9.17, 15) is 9.59 Å². The predicted octanol–water partition coefficient (Wildman–Crippen LogP) is 2.15. The van der Waals surface area contributed by atoms with Gasteiger partial charge in [0.05, 0.1) is 5.92 Å². The van der Waals surface area contributed by atoms with E-state index >= 15 is 0 Å². The minimum absolute atomic E-state index is 0.285. The van der Waals surface area contributed by atoms with Crippen LogP contribution in [-0.4, -0.2) is 16.6 Å². The highest BCUT2D eigenvalue weighted by Crippen LogP contribution is 2.32. The first kappa shape index (κ1) is 11.6. The lowest BCUT2D eigenvalue weighted by Crippen LogP contribution is -2.22. The molecule has 1 aromatic carbocycles. The van der Waals surface area contributed by atoms with Gasteiger partial charge >= 0.3 is 0 Å². The molecule has 16 heavy (non-hydrogen) atoms. The molecule has 2 atom stereocenters. The van der Waals surface area contributed by atoms with Crippen molar-refractivity contribution in [1.82, 2.24) is 5.32 Å². The minimum Gasteiger partial charge on any atom is -0.295 e. The van der Waals surface area contributed by atoms with E-state index in [4.69, 9.17) is 11.6 Å². The number of hydrogen-bond donors (Lipinski definition) is 1. The fourth-order valence-electron chi connectivity index (χ4n) is 1.68. The average Bonchev–Trinajstić information content (AvgIpc) is 2.47. The Kier molecular flexibility index (Phi) is 3.04. The van der Waals surface area contributed by atoms with E-state index in [0.717, 1.165) is 11.1 Å². The van der Waals surface area contributed by atoms with Crippen LogP contribution in [0.3, 0.4) is 0 Å². The van der Waals surface area contributed by atoms with Crippen molar-refractivity contribution in [2.45, 2.75) is 17.7 Å². The predicted molar refractivity (Wildman–Crippen MR) is 64.8 cm³/mol. The SMILES string of the molecule is Cc1ccc(C2C(=O)NC(=O)C2Br)cc1Cl. The summed E-state index contributed by atoms with van der Waals surface area (Å²) in [6.45, 7) is 1.89. The number of halogens is 2. The van der Waals surface area contributed by atoms with Crippen LogP contribution >= 0.6 is 27.5 Å². The maximum atomic E-state index is 11.6. The van der Waals surface area contributed by atoms with Gasteiger partial charge in [-0.3, -0.25) is 14.9 Å². The summed E-state index contributed by atoms with van der Waals surface area (Å²) < 4.78 is 0. The summed E-state index contributed by atoms with van der Waals surface area (Å²) in [7, 11) is 0. The first-order chi connectivity index (χ1) is 7.50. The normalized spacial score (nSPS) is 24.7. The van der Waals surface area contributed by atoms with Crippen molar-refractivity contribution in [3.63, 3.8) is 0 Å². The smallest absolute Gasteiger partial charge is 0.241 e. The zero-order chi connectivity index (χ0) is 11.9. The average molecular weight is 303 g/mol. The zero-order valence-electron chi connectivity index (χ0n) is 8.46. The first-order valence-electron chi connectivity index (χ1n) is 4.75. The molecule has 1 fully saturated rings. The van der Waals surface area contributed by atoms with Gasteiger partial charge in [-0.15, -0.1) is 0 Å². The molecule has 0 spiro atoms. The van der Waals surface area contributed by atoms with Gasteiger partial charge < -0.3 is 0 Å². The molecule has 0 aromatic heterocycles. The van der Waals surface area contributed by atoms with Crippen LogP contribution in [0.4, 0.5) is 0 Å². The highest BCUT2D eigenvalue weighted by Gasteiger charge is 2.40. The Hall–Kier alpha value is -0.870. The van der Waals surface area contributed by atoms with Crippen LogP contribution in [0.5, 0.6) is 0 Å². The van der Waals surface area contributed by atoms with Gasteiger partial charge in [0, 0.05) is 5.02 Å². The lowest BCUT2D eigenvalue weighted by atomic mass is 9.96. The van der Waals surface area contributed by atoms with Crippen LogP contribution in [-0.2, 0) is 9.59 Å². The maximum Gasteiger partial charge on any atom is 0.241 e. The lowest BCUT2D eigenvalue weighted by Gasteiger charge is -2.11. The molecule has 2 amide bonds. The summed E-state index contributed by atoms with van der Waals surface area (Å²) in [4.78, 5) is 22.4. The Morgan fingerprint density at radius 1 is 1.31 bits per heavy atom. The number of rotatable bonds is 1. The fourth-order valence-corrected chi connectivity index (χ4v) is 2.52. The minimum atomic E-state index is -0.515. The van der Waals surface area contributed by atoms with Crippen molar-refractivity contribution >= 4 is 39.3 Å². The number of alkyl halides is 1. The standard InChI is InChI=1S/C11H9BrClNO2/c1-5-2-3-6(4-7(5)13)8-9(12)11(16)14-10(8)15/h2-4,8-9H,1H3,(H,14,15,16). The van der Waals surface area contributed by atoms with Crippen molar-refractivity contribution in [1.29, 1.82) is 0 Å². The molecule has 0 radical (unpaired) electrons. The third-order valence-electron chi connectivity index (χ3n) is 2.63. The largest absolute Gasteiger partial charge is 0.295 e. The summed E-state index contributed by atoms with van der Waals surface area (Å²) in [5.74, 6) is -1.08. The molecule has 1 aliphatic rings. The van der Waals surface area contributed by atoms with E-state index in [0.29, 0.717) is 5.02 Å². The van der Waals surface area contributed by atoms with E-state index in [2.05, 4.69) is 21.2 Å². The van der Waals surface area contributed by atoms with Crippen LogP contribution in [0.1, 0.15) is 17.0 Å². The molecule has 0 bridgehead atoms. The number of amides is 2. The Bertz CT molecular complexity index is 475. The Morgan fingerprint density at radius 3 is 2.50 bits per heavy atom. The van der Waals surface area contributed by atoms with Crippen LogP contribution in [0.25, 0.3) is 0 Å². The second-order valence-electron chi connectivity index (χ2n) is 3.74. The van der Waals surface area contributed by atoms with Crippen LogP contribution in [0.2, 0.25) is 5.02 Å². The highest BCUT2D eigenvalue weighted by molar-refractivity contribution is 9.10. The van der Waals surface area contributed by atoms with Crippen molar-refractivity contribution in [3.05, 3.63) is 34.3 Å². The van der Waals surface area contributed by atoms with E-state index < -0.39 is 10.7 Å². The van der Waals surface area contributed by atoms with Crippen molar-refractivity contribution in [2.75, 3.05) is 0 Å². The number of benzene rings is 1. The molecule has 84 valence electrons. The van der Waals surface area contributed by atoms with Gasteiger partial charge in [0.25, 0.3) is 0 Å². The van der Waals surface area contributed by atoms with Gasteiger partial charge in [-0.25, -0.2) is 0 Å². The fraction of sp³-hybridized carbons (Fsp3) is 0.273. The van der Waals surface area contributed by atoms with Crippen molar-refractivity contribution in [2.24, 2.45) is 0 Å². The quantitative estimate of drug-likeness (QED) is 0.638. The summed E-state index contributed by atoms with van der Waals surface area (Å²) in [6, 6.07) is 5.39. The molecule has 1 aliphatic heterocycles. The molecule has 2 unspecified atom stereocenters. The topological polar surface area (TPSA) is 46.2 Å². The molecule has 1 aromatic rings. The molecule has 3 nitrogen and oxygen atoms in total. The molecule has 0 aliphatic carbocycles. The second-order valence-corrected chi connectivity index (χ2v) is 5.14. The molecular weight excluding hydrogens is 293 g/mol. The number of nitrogens with one attached hydrogen (secondary N) is 1. The monoisotopic (exact) mass is 301 g/mol. The van der Waals surface area contributed by atoms with E-state index in [1.807, 2.05) is 19.1 Å². The molecule has 1 saturated heterocycles. The van der Waals surface area contributed by atoms with Crippen molar-refractivity contribution in [3.8, 4) is 0 Å². The van der Waals surface area contributed by atoms with Gasteiger partial charge in [0.15, 0.2) is 0 Å².